The number of nitrogens with one attached hydrogen (secondary N) is 1. The molecule has 1 aliphatic heterocycles. The Hall–Kier alpha value is -0.900. The molecule has 0 aliphatic carbocycles. The van der Waals surface area contributed by atoms with Gasteiger partial charge in [0.25, 0.3) is 0 Å². The summed E-state index contributed by atoms with van der Waals surface area (Å²) in [5.74, 6) is 0. The van der Waals surface area contributed by atoms with Gasteiger partial charge in [0.1, 0.15) is 0 Å². The number of nitrogens with zero attached hydrogens (tertiary/aromatic N) is 2. The maximum atomic E-state index is 3.42. The molecule has 1 aliphatic rings. The molecule has 0 radical (unpaired) electrons. The summed E-state index contributed by atoms with van der Waals surface area (Å²) in [4.78, 5) is 4.90. The van der Waals surface area contributed by atoms with Gasteiger partial charge in [-0.1, -0.05) is 31.2 Å². The zero-order valence-corrected chi connectivity index (χ0v) is 12.5. The summed E-state index contributed by atoms with van der Waals surface area (Å²) in [6, 6.07) is 9.62. The number of likely N-dealkylation sites (N-methyl/N-ethyl adjacent to an activating group) is 1. The van der Waals surface area contributed by atoms with Crippen molar-refractivity contribution in [3.05, 3.63) is 35.4 Å². The highest BCUT2D eigenvalue weighted by molar-refractivity contribution is 5.25. The predicted octanol–water partition coefficient (Wildman–Crippen LogP) is 1.76. The standard InChI is InChI=1S/C16H27N3/c1-4-14-5-7-15(8-6-14)16(18(2)3)13-19-11-9-17-10-12-19/h5-8,16-17H,4,9-13H2,1-3H3. The number of piperazine rings is 1. The van der Waals surface area contributed by atoms with Crippen LogP contribution in [0.4, 0.5) is 0 Å². The smallest absolute Gasteiger partial charge is 0.0469 e. The summed E-state index contributed by atoms with van der Waals surface area (Å²) in [7, 11) is 4.36. The zero-order valence-electron chi connectivity index (χ0n) is 12.5. The van der Waals surface area contributed by atoms with Crippen molar-refractivity contribution in [1.29, 1.82) is 0 Å². The maximum Gasteiger partial charge on any atom is 0.0469 e. The number of hydrogen-bond donors (Lipinski definition) is 1. The second-order valence-electron chi connectivity index (χ2n) is 5.63. The summed E-state index contributed by atoms with van der Waals surface area (Å²) >= 11 is 0. The first-order valence-corrected chi connectivity index (χ1v) is 7.39. The van der Waals surface area contributed by atoms with E-state index >= 15 is 0 Å². The molecule has 0 amide bonds. The lowest BCUT2D eigenvalue weighted by molar-refractivity contribution is 0.168. The van der Waals surface area contributed by atoms with Crippen LogP contribution in [0.5, 0.6) is 0 Å². The quantitative estimate of drug-likeness (QED) is 0.871. The summed E-state index contributed by atoms with van der Waals surface area (Å²) < 4.78 is 0. The molecule has 1 heterocycles. The molecule has 0 aromatic heterocycles. The molecule has 0 spiro atoms. The number of hydrogen-bond acceptors (Lipinski definition) is 3. The van der Waals surface area contributed by atoms with Gasteiger partial charge >= 0.3 is 0 Å². The molecule has 3 heteroatoms. The van der Waals surface area contributed by atoms with Crippen LogP contribution in [0.15, 0.2) is 24.3 Å². The lowest BCUT2D eigenvalue weighted by Gasteiger charge is -2.34. The molecule has 106 valence electrons. The summed E-state index contributed by atoms with van der Waals surface area (Å²) in [6.45, 7) is 7.90. The highest BCUT2D eigenvalue weighted by atomic mass is 15.2. The second kappa shape index (κ2) is 7.04. The van der Waals surface area contributed by atoms with E-state index in [1.54, 1.807) is 0 Å². The Bertz CT molecular complexity index is 366. The third-order valence-corrected chi connectivity index (χ3v) is 4.04. The van der Waals surface area contributed by atoms with Crippen LogP contribution < -0.4 is 5.32 Å². The lowest BCUT2D eigenvalue weighted by atomic mass is 10.0. The molecule has 0 bridgehead atoms. The van der Waals surface area contributed by atoms with Gasteiger partial charge in [-0.2, -0.15) is 0 Å². The topological polar surface area (TPSA) is 18.5 Å². The van der Waals surface area contributed by atoms with Gasteiger partial charge in [-0.05, 0) is 31.6 Å². The molecule has 1 aromatic carbocycles. The van der Waals surface area contributed by atoms with E-state index in [1.807, 2.05) is 0 Å². The third kappa shape index (κ3) is 4.03. The molecular formula is C16H27N3. The molecule has 1 N–H and O–H groups in total. The minimum absolute atomic E-state index is 0.490. The van der Waals surface area contributed by atoms with E-state index in [4.69, 9.17) is 0 Å². The minimum Gasteiger partial charge on any atom is -0.314 e. The summed E-state index contributed by atoms with van der Waals surface area (Å²) in [5, 5.41) is 3.42. The Kier molecular flexibility index (Phi) is 5.37. The van der Waals surface area contributed by atoms with Gasteiger partial charge in [-0.3, -0.25) is 4.90 Å². The largest absolute Gasteiger partial charge is 0.314 e. The van der Waals surface area contributed by atoms with Crippen molar-refractivity contribution in [3.8, 4) is 0 Å². The van der Waals surface area contributed by atoms with Crippen LogP contribution in [0.2, 0.25) is 0 Å². The van der Waals surface area contributed by atoms with Crippen LogP contribution in [0.1, 0.15) is 24.1 Å². The van der Waals surface area contributed by atoms with Crippen molar-refractivity contribution < 1.29 is 0 Å². The van der Waals surface area contributed by atoms with Crippen LogP contribution in [-0.2, 0) is 6.42 Å². The van der Waals surface area contributed by atoms with Gasteiger partial charge in [-0.15, -0.1) is 0 Å². The third-order valence-electron chi connectivity index (χ3n) is 4.04. The fourth-order valence-electron chi connectivity index (χ4n) is 2.68. The van der Waals surface area contributed by atoms with Crippen LogP contribution >= 0.6 is 0 Å². The van der Waals surface area contributed by atoms with Crippen molar-refractivity contribution in [1.82, 2.24) is 15.1 Å². The van der Waals surface area contributed by atoms with Gasteiger partial charge < -0.3 is 10.2 Å². The first-order chi connectivity index (χ1) is 9.20. The number of aryl methyl sites for hydroxylation is 1. The van der Waals surface area contributed by atoms with E-state index in [9.17, 15) is 0 Å². The Morgan fingerprint density at radius 2 is 1.79 bits per heavy atom. The van der Waals surface area contributed by atoms with Crippen molar-refractivity contribution >= 4 is 0 Å². The molecule has 1 fully saturated rings. The minimum atomic E-state index is 0.490. The average molecular weight is 261 g/mol. The Morgan fingerprint density at radius 3 is 2.32 bits per heavy atom. The van der Waals surface area contributed by atoms with Crippen molar-refractivity contribution in [2.75, 3.05) is 46.8 Å². The van der Waals surface area contributed by atoms with E-state index in [0.717, 1.165) is 39.1 Å². The first-order valence-electron chi connectivity index (χ1n) is 7.39. The van der Waals surface area contributed by atoms with Crippen LogP contribution in [-0.4, -0.2) is 56.6 Å². The van der Waals surface area contributed by atoms with Crippen molar-refractivity contribution in [2.45, 2.75) is 19.4 Å². The highest BCUT2D eigenvalue weighted by Crippen LogP contribution is 2.20. The molecular weight excluding hydrogens is 234 g/mol. The SMILES string of the molecule is CCc1ccc(C(CN2CCNCC2)N(C)C)cc1. The van der Waals surface area contributed by atoms with Gasteiger partial charge in [0, 0.05) is 38.8 Å². The average Bonchev–Trinajstić information content (AvgIpc) is 2.46. The Morgan fingerprint density at radius 1 is 1.16 bits per heavy atom. The number of benzene rings is 1. The summed E-state index contributed by atoms with van der Waals surface area (Å²) in [6.07, 6.45) is 1.12. The highest BCUT2D eigenvalue weighted by Gasteiger charge is 2.19. The molecule has 2 rings (SSSR count). The molecule has 3 nitrogen and oxygen atoms in total. The first kappa shape index (κ1) is 14.5. The van der Waals surface area contributed by atoms with Crippen LogP contribution in [0, 0.1) is 0 Å². The molecule has 1 unspecified atom stereocenters. The van der Waals surface area contributed by atoms with Gasteiger partial charge in [-0.25, -0.2) is 0 Å². The Balaban J connectivity index is 2.05. The predicted molar refractivity (Wildman–Crippen MR) is 81.6 cm³/mol. The normalized spacial score (nSPS) is 18.7. The van der Waals surface area contributed by atoms with Gasteiger partial charge in [0.2, 0.25) is 0 Å². The summed E-state index contributed by atoms with van der Waals surface area (Å²) in [5.41, 5.74) is 2.85. The van der Waals surface area contributed by atoms with Gasteiger partial charge in [0.15, 0.2) is 0 Å². The van der Waals surface area contributed by atoms with Crippen LogP contribution in [0.25, 0.3) is 0 Å². The maximum absolute atomic E-state index is 3.42. The van der Waals surface area contributed by atoms with Crippen LogP contribution in [0.3, 0.4) is 0 Å². The molecule has 0 saturated carbocycles. The number of rotatable bonds is 5. The second-order valence-corrected chi connectivity index (χ2v) is 5.63. The molecule has 1 aromatic rings. The van der Waals surface area contributed by atoms with E-state index in [2.05, 4.69) is 60.4 Å². The molecule has 19 heavy (non-hydrogen) atoms. The fraction of sp³-hybridized carbons (Fsp3) is 0.625. The molecule has 1 atom stereocenters. The zero-order chi connectivity index (χ0) is 13.7. The van der Waals surface area contributed by atoms with E-state index in [1.165, 1.54) is 11.1 Å². The molecule has 1 saturated heterocycles. The fourth-order valence-corrected chi connectivity index (χ4v) is 2.68. The monoisotopic (exact) mass is 261 g/mol. The van der Waals surface area contributed by atoms with Gasteiger partial charge in [0.05, 0.1) is 0 Å². The van der Waals surface area contributed by atoms with E-state index < -0.39 is 0 Å². The van der Waals surface area contributed by atoms with E-state index in [-0.39, 0.29) is 0 Å². The van der Waals surface area contributed by atoms with Crippen molar-refractivity contribution in [2.24, 2.45) is 0 Å². The van der Waals surface area contributed by atoms with E-state index in [0.29, 0.717) is 6.04 Å². The Labute approximate surface area is 117 Å². The van der Waals surface area contributed by atoms with Crippen molar-refractivity contribution in [3.63, 3.8) is 0 Å². The lowest BCUT2D eigenvalue weighted by Crippen LogP contribution is -2.46.